The van der Waals surface area contributed by atoms with E-state index >= 15 is 0 Å². The van der Waals surface area contributed by atoms with Crippen LogP contribution in [0, 0.1) is 0 Å². The molecule has 0 radical (unpaired) electrons. The minimum absolute atomic E-state index is 0.00472. The van der Waals surface area contributed by atoms with Crippen LogP contribution < -0.4 is 5.32 Å². The SMILES string of the molecule is CCCCC(C(=O)OC)N1CCCCC1C(=O)NC. The number of likely N-dealkylation sites (tertiary alicyclic amines) is 1. The summed E-state index contributed by atoms with van der Waals surface area (Å²) in [6, 6.07) is -0.479. The molecule has 5 nitrogen and oxygen atoms in total. The summed E-state index contributed by atoms with van der Waals surface area (Å²) in [5.41, 5.74) is 0. The van der Waals surface area contributed by atoms with Gasteiger partial charge in [-0.25, -0.2) is 0 Å². The Morgan fingerprint density at radius 3 is 2.74 bits per heavy atom. The summed E-state index contributed by atoms with van der Waals surface area (Å²) >= 11 is 0. The van der Waals surface area contributed by atoms with Crippen LogP contribution in [-0.2, 0) is 14.3 Å². The molecule has 110 valence electrons. The predicted octanol–water partition coefficient (Wildman–Crippen LogP) is 1.32. The number of methoxy groups -OCH3 is 1. The van der Waals surface area contributed by atoms with Gasteiger partial charge in [0.2, 0.25) is 5.91 Å². The zero-order valence-corrected chi connectivity index (χ0v) is 12.3. The normalized spacial score (nSPS) is 21.7. The van der Waals surface area contributed by atoms with E-state index < -0.39 is 0 Å². The second kappa shape index (κ2) is 8.15. The molecule has 2 unspecified atom stereocenters. The van der Waals surface area contributed by atoms with Crippen LogP contribution in [0.25, 0.3) is 0 Å². The van der Waals surface area contributed by atoms with E-state index in [0.29, 0.717) is 0 Å². The summed E-state index contributed by atoms with van der Waals surface area (Å²) in [5, 5.41) is 2.70. The summed E-state index contributed by atoms with van der Waals surface area (Å²) in [5.74, 6) is -0.214. The van der Waals surface area contributed by atoms with Crippen LogP contribution in [0.3, 0.4) is 0 Å². The first-order valence-electron chi connectivity index (χ1n) is 7.20. The molecule has 1 aliphatic rings. The minimum Gasteiger partial charge on any atom is -0.468 e. The fourth-order valence-electron chi connectivity index (χ4n) is 2.73. The molecule has 0 spiro atoms. The Morgan fingerprint density at radius 1 is 1.42 bits per heavy atom. The van der Waals surface area contributed by atoms with Gasteiger partial charge in [0.25, 0.3) is 0 Å². The number of unbranched alkanes of at least 4 members (excludes halogenated alkanes) is 1. The van der Waals surface area contributed by atoms with E-state index in [1.54, 1.807) is 7.05 Å². The largest absolute Gasteiger partial charge is 0.468 e. The maximum atomic E-state index is 12.0. The quantitative estimate of drug-likeness (QED) is 0.740. The van der Waals surface area contributed by atoms with Gasteiger partial charge in [0, 0.05) is 7.05 Å². The van der Waals surface area contributed by atoms with Crippen molar-refractivity contribution in [3.63, 3.8) is 0 Å². The number of carbonyl (C=O) groups is 2. The molecule has 1 rings (SSSR count). The van der Waals surface area contributed by atoms with E-state index in [0.717, 1.165) is 45.1 Å². The van der Waals surface area contributed by atoms with Crippen molar-refractivity contribution < 1.29 is 14.3 Å². The van der Waals surface area contributed by atoms with Gasteiger partial charge < -0.3 is 10.1 Å². The molecule has 1 N–H and O–H groups in total. The van der Waals surface area contributed by atoms with Crippen molar-refractivity contribution in [1.82, 2.24) is 10.2 Å². The molecule has 0 aromatic carbocycles. The van der Waals surface area contributed by atoms with E-state index in [9.17, 15) is 9.59 Å². The molecule has 0 bridgehead atoms. The molecule has 2 atom stereocenters. The Labute approximate surface area is 115 Å². The van der Waals surface area contributed by atoms with E-state index in [1.807, 2.05) is 4.90 Å². The number of piperidine rings is 1. The van der Waals surface area contributed by atoms with Crippen LogP contribution >= 0.6 is 0 Å². The molecule has 0 saturated carbocycles. The number of hydrogen-bond donors (Lipinski definition) is 1. The Hall–Kier alpha value is -1.10. The number of carbonyl (C=O) groups excluding carboxylic acids is 2. The minimum atomic E-state index is -0.285. The Bertz CT molecular complexity index is 307. The zero-order chi connectivity index (χ0) is 14.3. The van der Waals surface area contributed by atoms with Crippen LogP contribution in [0.4, 0.5) is 0 Å². The van der Waals surface area contributed by atoms with Crippen molar-refractivity contribution >= 4 is 11.9 Å². The van der Waals surface area contributed by atoms with Gasteiger partial charge in [0.1, 0.15) is 6.04 Å². The topological polar surface area (TPSA) is 58.6 Å². The summed E-state index contributed by atoms with van der Waals surface area (Å²) in [4.78, 5) is 26.0. The van der Waals surface area contributed by atoms with E-state index in [1.165, 1.54) is 7.11 Å². The second-order valence-corrected chi connectivity index (χ2v) is 5.04. The number of likely N-dealkylation sites (N-methyl/N-ethyl adjacent to an activating group) is 1. The maximum Gasteiger partial charge on any atom is 0.323 e. The summed E-state index contributed by atoms with van der Waals surface area (Å²) in [7, 11) is 3.06. The van der Waals surface area contributed by atoms with Crippen LogP contribution in [0.1, 0.15) is 45.4 Å². The van der Waals surface area contributed by atoms with Crippen molar-refractivity contribution in [1.29, 1.82) is 0 Å². The molecule has 5 heteroatoms. The van der Waals surface area contributed by atoms with Gasteiger partial charge in [-0.3, -0.25) is 14.5 Å². The van der Waals surface area contributed by atoms with Crippen molar-refractivity contribution in [3.05, 3.63) is 0 Å². The molecule has 0 aromatic rings. The molecule has 1 fully saturated rings. The lowest BCUT2D eigenvalue weighted by molar-refractivity contribution is -0.150. The van der Waals surface area contributed by atoms with Crippen molar-refractivity contribution in [2.75, 3.05) is 20.7 Å². The Kier molecular flexibility index (Phi) is 6.84. The number of rotatable bonds is 6. The summed E-state index contributed by atoms with van der Waals surface area (Å²) < 4.78 is 4.91. The second-order valence-electron chi connectivity index (χ2n) is 5.04. The maximum absolute atomic E-state index is 12.0. The fourth-order valence-corrected chi connectivity index (χ4v) is 2.73. The highest BCUT2D eigenvalue weighted by molar-refractivity contribution is 5.83. The van der Waals surface area contributed by atoms with Crippen molar-refractivity contribution in [2.24, 2.45) is 0 Å². The van der Waals surface area contributed by atoms with Gasteiger partial charge >= 0.3 is 5.97 Å². The van der Waals surface area contributed by atoms with E-state index in [2.05, 4.69) is 12.2 Å². The standard InChI is InChI=1S/C14H26N2O3/c1-4-5-8-12(14(18)19-3)16-10-7-6-9-11(16)13(17)15-2/h11-12H,4-10H2,1-3H3,(H,15,17). The lowest BCUT2D eigenvalue weighted by atomic mass is 9.97. The average molecular weight is 270 g/mol. The van der Waals surface area contributed by atoms with Gasteiger partial charge in [0.15, 0.2) is 0 Å². The van der Waals surface area contributed by atoms with Crippen LogP contribution in [-0.4, -0.2) is 49.6 Å². The number of nitrogens with zero attached hydrogens (tertiary/aromatic N) is 1. The first-order valence-corrected chi connectivity index (χ1v) is 7.20. The number of amides is 1. The molecular formula is C14H26N2O3. The van der Waals surface area contributed by atoms with Gasteiger partial charge in [-0.15, -0.1) is 0 Å². The van der Waals surface area contributed by atoms with Crippen molar-refractivity contribution in [3.8, 4) is 0 Å². The highest BCUT2D eigenvalue weighted by atomic mass is 16.5. The highest BCUT2D eigenvalue weighted by Crippen LogP contribution is 2.23. The molecule has 0 aromatic heterocycles. The molecule has 1 saturated heterocycles. The number of nitrogens with one attached hydrogen (secondary N) is 1. The fraction of sp³-hybridized carbons (Fsp3) is 0.857. The molecule has 19 heavy (non-hydrogen) atoms. The number of ether oxygens (including phenoxy) is 1. The van der Waals surface area contributed by atoms with Gasteiger partial charge in [-0.1, -0.05) is 26.2 Å². The highest BCUT2D eigenvalue weighted by Gasteiger charge is 2.36. The van der Waals surface area contributed by atoms with Crippen LogP contribution in [0.2, 0.25) is 0 Å². The third-order valence-electron chi connectivity index (χ3n) is 3.80. The average Bonchev–Trinajstić information content (AvgIpc) is 2.46. The van der Waals surface area contributed by atoms with Crippen molar-refractivity contribution in [2.45, 2.75) is 57.5 Å². The predicted molar refractivity (Wildman–Crippen MR) is 73.7 cm³/mol. The monoisotopic (exact) mass is 270 g/mol. The lowest BCUT2D eigenvalue weighted by Gasteiger charge is -2.38. The molecule has 1 heterocycles. The number of esters is 1. The smallest absolute Gasteiger partial charge is 0.323 e. The van der Waals surface area contributed by atoms with Gasteiger partial charge in [0.05, 0.1) is 13.2 Å². The molecule has 1 amide bonds. The van der Waals surface area contributed by atoms with E-state index in [-0.39, 0.29) is 24.0 Å². The zero-order valence-electron chi connectivity index (χ0n) is 12.3. The first kappa shape index (κ1) is 16.0. The van der Waals surface area contributed by atoms with Crippen LogP contribution in [0.5, 0.6) is 0 Å². The Balaban J connectivity index is 2.82. The first-order chi connectivity index (χ1) is 9.15. The van der Waals surface area contributed by atoms with Gasteiger partial charge in [-0.2, -0.15) is 0 Å². The summed E-state index contributed by atoms with van der Waals surface area (Å²) in [6.07, 6.45) is 5.65. The molecule has 1 aliphatic heterocycles. The third-order valence-corrected chi connectivity index (χ3v) is 3.80. The van der Waals surface area contributed by atoms with Crippen LogP contribution in [0.15, 0.2) is 0 Å². The van der Waals surface area contributed by atoms with Gasteiger partial charge in [-0.05, 0) is 25.8 Å². The molecular weight excluding hydrogens is 244 g/mol. The summed E-state index contributed by atoms with van der Waals surface area (Å²) in [6.45, 7) is 2.89. The Morgan fingerprint density at radius 2 is 2.16 bits per heavy atom. The van der Waals surface area contributed by atoms with E-state index in [4.69, 9.17) is 4.74 Å². The third kappa shape index (κ3) is 4.20. The number of hydrogen-bond acceptors (Lipinski definition) is 4. The lowest BCUT2D eigenvalue weighted by Crippen LogP contribution is -2.55. The molecule has 0 aliphatic carbocycles.